The second kappa shape index (κ2) is 32.3. The van der Waals surface area contributed by atoms with Crippen LogP contribution in [-0.4, -0.2) is 10.9 Å². The predicted octanol–water partition coefficient (Wildman–Crippen LogP) is 27.6. The average Bonchev–Trinajstić information content (AvgIpc) is 1.58. The zero-order valence-electron chi connectivity index (χ0n) is 59.0. The van der Waals surface area contributed by atoms with E-state index in [4.69, 9.17) is 0 Å². The van der Waals surface area contributed by atoms with Crippen LogP contribution in [0.2, 0.25) is 0 Å². The lowest BCUT2D eigenvalue weighted by Crippen LogP contribution is -2.26. The fourth-order valence-corrected chi connectivity index (χ4v) is 14.0. The van der Waals surface area contributed by atoms with Crippen LogP contribution in [0.25, 0.3) is 79.9 Å². The third-order valence-corrected chi connectivity index (χ3v) is 19.0. The van der Waals surface area contributed by atoms with E-state index in [0.29, 0.717) is 6.04 Å². The highest BCUT2D eigenvalue weighted by Crippen LogP contribution is 2.55. The molecule has 96 heavy (non-hydrogen) atoms. The van der Waals surface area contributed by atoms with E-state index >= 15 is 0 Å². The lowest BCUT2D eigenvalue weighted by molar-refractivity contribution is 0.345. The molecule has 3 heteroatoms. The molecule has 15 rings (SSSR count). The van der Waals surface area contributed by atoms with Crippen LogP contribution in [0.1, 0.15) is 146 Å². The van der Waals surface area contributed by atoms with Crippen LogP contribution in [-0.2, 0) is 5.41 Å². The van der Waals surface area contributed by atoms with Crippen molar-refractivity contribution in [2.75, 3.05) is 9.80 Å². The first-order valence-electron chi connectivity index (χ1n) is 35.3. The third-order valence-electron chi connectivity index (χ3n) is 19.0. The molecular weight excluding hydrogens is 1160 g/mol. The van der Waals surface area contributed by atoms with Crippen LogP contribution in [0.5, 0.6) is 0 Å². The summed E-state index contributed by atoms with van der Waals surface area (Å²) in [4.78, 5) is 7.12. The maximum absolute atomic E-state index is 2.45. The molecule has 11 aromatic carbocycles. The van der Waals surface area contributed by atoms with E-state index in [0.717, 1.165) is 24.2 Å². The SMILES string of the molecule is C/C=C/N1C=C(C)CCC1C.CC.CC.CC.CCC1(CC)c2cc(/C=C/c3ccc(N4c5ccccc5-c5ccccc5-c5ccccc54)cc3)ccc2-c2ccc(/C=C/c3ccc(N4c5ccccc5-c5ccccc5-c5ccccc54)cc3)cc21.Cc1ccccc1C. The maximum Gasteiger partial charge on any atom is 0.0540 e. The number of fused-ring (bicyclic) bond motifs is 13. The summed E-state index contributed by atoms with van der Waals surface area (Å²) >= 11 is 0. The minimum atomic E-state index is -0.0551. The smallest absolute Gasteiger partial charge is 0.0540 e. The summed E-state index contributed by atoms with van der Waals surface area (Å²) in [6.45, 7) is 27.5. The molecule has 0 spiro atoms. The summed E-state index contributed by atoms with van der Waals surface area (Å²) in [6, 6.07) is 93.9. The first kappa shape index (κ1) is 68.6. The molecule has 0 bridgehead atoms. The highest BCUT2D eigenvalue weighted by Gasteiger charge is 2.40. The quantitative estimate of drug-likeness (QED) is 0.133. The molecule has 484 valence electrons. The molecule has 11 aromatic rings. The van der Waals surface area contributed by atoms with Gasteiger partial charge < -0.3 is 14.7 Å². The molecule has 1 atom stereocenters. The molecule has 0 saturated carbocycles. The molecule has 0 N–H and O–H groups in total. The fraction of sp³-hybridized carbons (Fsp3) is 0.204. The first-order valence-corrected chi connectivity index (χ1v) is 35.3. The Morgan fingerprint density at radius 1 is 0.365 bits per heavy atom. The molecule has 4 aliphatic rings. The predicted molar refractivity (Wildman–Crippen MR) is 421 cm³/mol. The van der Waals surface area contributed by atoms with E-state index in [-0.39, 0.29) is 5.41 Å². The number of hydrogen-bond donors (Lipinski definition) is 0. The Hall–Kier alpha value is -10.2. The van der Waals surface area contributed by atoms with Crippen molar-refractivity contribution < 1.29 is 0 Å². The molecule has 0 radical (unpaired) electrons. The molecule has 0 fully saturated rings. The van der Waals surface area contributed by atoms with Gasteiger partial charge in [0.15, 0.2) is 0 Å². The third kappa shape index (κ3) is 14.2. The van der Waals surface area contributed by atoms with E-state index in [1.807, 2.05) is 41.5 Å². The molecule has 1 aliphatic carbocycles. The van der Waals surface area contributed by atoms with Gasteiger partial charge in [0.1, 0.15) is 0 Å². The minimum absolute atomic E-state index is 0.0551. The van der Waals surface area contributed by atoms with Crippen molar-refractivity contribution in [1.29, 1.82) is 0 Å². The van der Waals surface area contributed by atoms with Gasteiger partial charge in [0, 0.05) is 51.3 Å². The summed E-state index contributed by atoms with van der Waals surface area (Å²) in [6.07, 6.45) is 20.2. The van der Waals surface area contributed by atoms with Gasteiger partial charge in [-0.05, 0) is 193 Å². The number of aryl methyl sites for hydroxylation is 2. The van der Waals surface area contributed by atoms with E-state index in [1.54, 1.807) is 0 Å². The van der Waals surface area contributed by atoms with Crippen LogP contribution < -0.4 is 9.80 Å². The lowest BCUT2D eigenvalue weighted by atomic mass is 9.73. The number of hydrogen-bond acceptors (Lipinski definition) is 3. The van der Waals surface area contributed by atoms with E-state index in [9.17, 15) is 0 Å². The Morgan fingerprint density at radius 3 is 0.990 bits per heavy atom. The Labute approximate surface area is 575 Å². The Balaban J connectivity index is 0.000000341. The summed E-state index contributed by atoms with van der Waals surface area (Å²) in [5, 5.41) is 0. The standard InChI is InChI=1S/C69H52N2.C10H17N.C8H10.3C2H6/c1-3-69(4-2)63-45-49(31-29-47-33-39-51(40-34-47)70-65-25-13-9-21-59(65)53-17-5-6-18-54(53)60-22-10-14-26-66(60)70)37-43-57(63)58-44-38-50(46-64(58)69)32-30-48-35-41-52(42-36-48)71-67-27-15-11-23-61(67)55-19-7-8-20-56(55)62-24-12-16-28-68(62)71;1-4-7-11-8-9(2)5-6-10(11)3;1-7-5-3-4-6-8(7)2;3*1-2/h5-46H,3-4H2,1-2H3;4,7-8,10H,5-6H2,1-3H3;3-6H,1-2H3;3*1-2H3/b31-29+,32-30+;7-4+;;;;. The van der Waals surface area contributed by atoms with Gasteiger partial charge in [0.25, 0.3) is 0 Å². The van der Waals surface area contributed by atoms with Crippen molar-refractivity contribution in [3.05, 3.63) is 323 Å². The van der Waals surface area contributed by atoms with E-state index in [2.05, 4.69) is 361 Å². The Kier molecular flexibility index (Phi) is 23.1. The summed E-state index contributed by atoms with van der Waals surface area (Å²) in [5.74, 6) is 0. The van der Waals surface area contributed by atoms with Crippen molar-refractivity contribution in [3.8, 4) is 55.6 Å². The fourth-order valence-electron chi connectivity index (χ4n) is 14.0. The number of anilines is 6. The number of allylic oxidation sites excluding steroid dienone is 2. The van der Waals surface area contributed by atoms with Gasteiger partial charge >= 0.3 is 0 Å². The molecule has 0 aromatic heterocycles. The zero-order valence-corrected chi connectivity index (χ0v) is 59.0. The first-order chi connectivity index (χ1) is 47.1. The normalized spacial score (nSPS) is 13.9. The maximum atomic E-state index is 2.45. The van der Waals surface area contributed by atoms with Gasteiger partial charge in [0.05, 0.1) is 22.7 Å². The molecule has 0 saturated heterocycles. The number of para-hydroxylation sites is 4. The van der Waals surface area contributed by atoms with Crippen molar-refractivity contribution in [3.63, 3.8) is 0 Å². The number of rotatable bonds is 9. The van der Waals surface area contributed by atoms with Crippen LogP contribution in [0.3, 0.4) is 0 Å². The highest BCUT2D eigenvalue weighted by atomic mass is 15.2. The summed E-state index contributed by atoms with van der Waals surface area (Å²) < 4.78 is 0. The summed E-state index contributed by atoms with van der Waals surface area (Å²) in [7, 11) is 0. The second-order valence-electron chi connectivity index (χ2n) is 24.5. The van der Waals surface area contributed by atoms with Gasteiger partial charge in [-0.15, -0.1) is 0 Å². The van der Waals surface area contributed by atoms with Crippen LogP contribution >= 0.6 is 0 Å². The Morgan fingerprint density at radius 2 is 0.667 bits per heavy atom. The average molecular weight is 1260 g/mol. The monoisotopic (exact) mass is 1260 g/mol. The Bertz CT molecular complexity index is 4130. The zero-order chi connectivity index (χ0) is 67.7. The summed E-state index contributed by atoms with van der Waals surface area (Å²) in [5.41, 5.74) is 31.5. The van der Waals surface area contributed by atoms with Crippen LogP contribution in [0.15, 0.2) is 279 Å². The molecular formula is C93H97N3. The number of nitrogens with zero attached hydrogens (tertiary/aromatic N) is 3. The molecule has 3 heterocycles. The van der Waals surface area contributed by atoms with Crippen LogP contribution in [0, 0.1) is 13.8 Å². The van der Waals surface area contributed by atoms with Gasteiger partial charge in [-0.2, -0.15) is 0 Å². The topological polar surface area (TPSA) is 9.72 Å². The minimum Gasteiger partial charge on any atom is -0.352 e. The second-order valence-corrected chi connectivity index (χ2v) is 24.5. The largest absolute Gasteiger partial charge is 0.352 e. The lowest BCUT2D eigenvalue weighted by Gasteiger charge is -2.30. The van der Waals surface area contributed by atoms with Gasteiger partial charge in [-0.1, -0.05) is 298 Å². The van der Waals surface area contributed by atoms with Crippen LogP contribution in [0.4, 0.5) is 34.1 Å². The molecule has 3 aliphatic heterocycles. The van der Waals surface area contributed by atoms with E-state index < -0.39 is 0 Å². The highest BCUT2D eigenvalue weighted by molar-refractivity contribution is 6.04. The van der Waals surface area contributed by atoms with Gasteiger partial charge in [0.2, 0.25) is 0 Å². The number of benzene rings is 11. The van der Waals surface area contributed by atoms with Crippen molar-refractivity contribution in [2.45, 2.75) is 127 Å². The molecule has 3 nitrogen and oxygen atoms in total. The molecule has 1 unspecified atom stereocenters. The van der Waals surface area contributed by atoms with Crippen molar-refractivity contribution in [2.24, 2.45) is 0 Å². The van der Waals surface area contributed by atoms with Crippen molar-refractivity contribution >= 4 is 58.4 Å². The van der Waals surface area contributed by atoms with Gasteiger partial charge in [-0.3, -0.25) is 0 Å². The van der Waals surface area contributed by atoms with Crippen molar-refractivity contribution in [1.82, 2.24) is 4.90 Å². The van der Waals surface area contributed by atoms with E-state index in [1.165, 1.54) is 141 Å². The molecule has 0 amide bonds. The van der Waals surface area contributed by atoms with Gasteiger partial charge in [-0.25, -0.2) is 0 Å².